The molecular weight excluding hydrogens is 568 g/mol. The summed E-state index contributed by atoms with van der Waals surface area (Å²) in [5, 5.41) is 9.76. The van der Waals surface area contributed by atoms with Crippen molar-refractivity contribution in [1.82, 2.24) is 0 Å². The van der Waals surface area contributed by atoms with E-state index in [1.165, 1.54) is 14.2 Å². The Hall–Kier alpha value is -5.04. The molecule has 45 heavy (non-hydrogen) atoms. The van der Waals surface area contributed by atoms with Gasteiger partial charge in [0.2, 0.25) is 0 Å². The largest absolute Gasteiger partial charge is 0.495 e. The highest BCUT2D eigenvalue weighted by molar-refractivity contribution is 5.99. The summed E-state index contributed by atoms with van der Waals surface area (Å²) in [6.07, 6.45) is 2.84. The van der Waals surface area contributed by atoms with Crippen molar-refractivity contribution < 1.29 is 33.6 Å². The van der Waals surface area contributed by atoms with E-state index < -0.39 is 11.9 Å². The third-order valence-electron chi connectivity index (χ3n) is 8.28. The van der Waals surface area contributed by atoms with Gasteiger partial charge in [0.05, 0.1) is 20.8 Å². The third kappa shape index (κ3) is 6.58. The van der Waals surface area contributed by atoms with E-state index in [1.807, 2.05) is 57.2 Å². The normalized spacial score (nSPS) is 10.7. The second kappa shape index (κ2) is 14.2. The second-order valence-corrected chi connectivity index (χ2v) is 10.9. The fourth-order valence-corrected chi connectivity index (χ4v) is 5.73. The van der Waals surface area contributed by atoms with E-state index in [-0.39, 0.29) is 22.6 Å². The van der Waals surface area contributed by atoms with E-state index >= 15 is 0 Å². The van der Waals surface area contributed by atoms with Gasteiger partial charge in [-0.25, -0.2) is 9.59 Å². The summed E-state index contributed by atoms with van der Waals surface area (Å²) in [7, 11) is 2.91. The number of benzene rings is 4. The topological polar surface area (TPSA) is 91.3 Å². The van der Waals surface area contributed by atoms with Crippen molar-refractivity contribution in [3.63, 3.8) is 0 Å². The molecule has 0 bridgehead atoms. The maximum atomic E-state index is 13.8. The molecule has 0 aliphatic heterocycles. The van der Waals surface area contributed by atoms with E-state index in [0.717, 1.165) is 22.3 Å². The maximum Gasteiger partial charge on any atom is 0.347 e. The number of hydrogen-bond acceptors (Lipinski definition) is 6. The first kappa shape index (κ1) is 32.9. The highest BCUT2D eigenvalue weighted by atomic mass is 16.5. The molecule has 0 spiro atoms. The molecule has 0 saturated carbocycles. The van der Waals surface area contributed by atoms with Crippen LogP contribution in [0.25, 0.3) is 5.57 Å². The lowest BCUT2D eigenvalue weighted by molar-refractivity contribution is 0.0692. The van der Waals surface area contributed by atoms with Gasteiger partial charge in [0.1, 0.15) is 34.1 Å². The molecule has 0 aromatic heterocycles. The fourth-order valence-electron chi connectivity index (χ4n) is 5.73. The molecule has 0 unspecified atom stereocenters. The molecule has 234 valence electrons. The van der Waals surface area contributed by atoms with Crippen molar-refractivity contribution in [3.05, 3.63) is 122 Å². The summed E-state index contributed by atoms with van der Waals surface area (Å²) in [5.41, 5.74) is 7.32. The minimum absolute atomic E-state index is 0.0451. The Morgan fingerprint density at radius 3 is 1.60 bits per heavy atom. The van der Waals surface area contributed by atoms with Gasteiger partial charge in [-0.1, -0.05) is 66.7 Å². The highest BCUT2D eigenvalue weighted by Crippen LogP contribution is 2.41. The van der Waals surface area contributed by atoms with E-state index in [1.54, 1.807) is 20.8 Å². The molecule has 0 radical (unpaired) electrons. The minimum atomic E-state index is -1.11. The third-order valence-corrected chi connectivity index (χ3v) is 8.28. The first-order valence-electron chi connectivity index (χ1n) is 14.8. The number of carboxylic acids is 1. The van der Waals surface area contributed by atoms with Gasteiger partial charge in [0.25, 0.3) is 0 Å². The Balaban J connectivity index is 1.64. The summed E-state index contributed by atoms with van der Waals surface area (Å²) in [6, 6.07) is 20.5. The molecule has 4 rings (SSSR count). The molecule has 4 aromatic rings. The number of ether oxygens (including phenoxy) is 4. The highest BCUT2D eigenvalue weighted by Gasteiger charge is 2.29. The number of hydrogen-bond donors (Lipinski definition) is 1. The van der Waals surface area contributed by atoms with Crippen molar-refractivity contribution in [3.8, 4) is 23.0 Å². The number of esters is 1. The Kier molecular flexibility index (Phi) is 10.3. The standard InChI is InChI=1S/C38H40O7/c1-22-25(4)34(27(6)35(42-7)31(22)37(39)40)45-38(41)32-23(2)24(3)33(26(5)36(32)43-8)44-21-15-20-30(28-16-11-9-12-17-28)29-18-13-10-14-19-29/h9-14,16-20H,15,21H2,1-8H3,(H,39,40). The van der Waals surface area contributed by atoms with Crippen LogP contribution < -0.4 is 18.9 Å². The van der Waals surface area contributed by atoms with Gasteiger partial charge in [0.15, 0.2) is 0 Å². The Morgan fingerprint density at radius 1 is 0.622 bits per heavy atom. The van der Waals surface area contributed by atoms with Crippen molar-refractivity contribution in [1.29, 1.82) is 0 Å². The Bertz CT molecular complexity index is 1710. The van der Waals surface area contributed by atoms with Crippen LogP contribution in [0, 0.1) is 41.5 Å². The number of rotatable bonds is 11. The predicted molar refractivity (Wildman–Crippen MR) is 176 cm³/mol. The number of carboxylic acid groups (broad SMARTS) is 1. The smallest absolute Gasteiger partial charge is 0.347 e. The van der Waals surface area contributed by atoms with Crippen LogP contribution in [0.2, 0.25) is 0 Å². The lowest BCUT2D eigenvalue weighted by Crippen LogP contribution is -2.17. The molecule has 0 aliphatic carbocycles. The van der Waals surface area contributed by atoms with Crippen LogP contribution in [0.3, 0.4) is 0 Å². The quantitative estimate of drug-likeness (QED) is 0.104. The van der Waals surface area contributed by atoms with Crippen LogP contribution in [0.4, 0.5) is 0 Å². The van der Waals surface area contributed by atoms with Crippen LogP contribution in [0.15, 0.2) is 66.7 Å². The second-order valence-electron chi connectivity index (χ2n) is 10.9. The Morgan fingerprint density at radius 2 is 1.09 bits per heavy atom. The van der Waals surface area contributed by atoms with Crippen molar-refractivity contribution >= 4 is 17.5 Å². The molecule has 0 amide bonds. The summed E-state index contributed by atoms with van der Waals surface area (Å²) in [6.45, 7) is 11.1. The molecule has 0 heterocycles. The minimum Gasteiger partial charge on any atom is -0.495 e. The average Bonchev–Trinajstić information content (AvgIpc) is 3.04. The van der Waals surface area contributed by atoms with E-state index in [4.69, 9.17) is 18.9 Å². The fraction of sp³-hybridized carbons (Fsp3) is 0.263. The Labute approximate surface area is 265 Å². The number of aromatic carboxylic acids is 1. The SMILES string of the molecule is COc1c(C)c(OC(=O)c2c(C)c(C)c(OCCC=C(c3ccccc3)c3ccccc3)c(C)c2OC)c(C)c(C)c1C(=O)O. The number of carbonyl (C=O) groups is 2. The van der Waals surface area contributed by atoms with E-state index in [9.17, 15) is 14.7 Å². The summed E-state index contributed by atoms with van der Waals surface area (Å²) in [4.78, 5) is 25.7. The van der Waals surface area contributed by atoms with Crippen LogP contribution >= 0.6 is 0 Å². The summed E-state index contributed by atoms with van der Waals surface area (Å²) < 4.78 is 23.5. The molecule has 0 aliphatic rings. The number of methoxy groups -OCH3 is 2. The van der Waals surface area contributed by atoms with Gasteiger partial charge in [-0.3, -0.25) is 0 Å². The molecule has 7 nitrogen and oxygen atoms in total. The van der Waals surface area contributed by atoms with Crippen molar-refractivity contribution in [2.45, 2.75) is 48.0 Å². The monoisotopic (exact) mass is 608 g/mol. The molecule has 4 aromatic carbocycles. The van der Waals surface area contributed by atoms with Gasteiger partial charge >= 0.3 is 11.9 Å². The summed E-state index contributed by atoms with van der Waals surface area (Å²) >= 11 is 0. The van der Waals surface area contributed by atoms with Crippen molar-refractivity contribution in [2.24, 2.45) is 0 Å². The first-order valence-corrected chi connectivity index (χ1v) is 14.8. The van der Waals surface area contributed by atoms with Gasteiger partial charge in [0, 0.05) is 17.5 Å². The lowest BCUT2D eigenvalue weighted by Gasteiger charge is -2.22. The van der Waals surface area contributed by atoms with Gasteiger partial charge in [-0.2, -0.15) is 0 Å². The zero-order valence-electron chi connectivity index (χ0n) is 27.2. The van der Waals surface area contributed by atoms with Gasteiger partial charge in [-0.05, 0) is 80.5 Å². The average molecular weight is 609 g/mol. The van der Waals surface area contributed by atoms with Crippen molar-refractivity contribution in [2.75, 3.05) is 20.8 Å². The van der Waals surface area contributed by atoms with Crippen LogP contribution in [-0.4, -0.2) is 37.9 Å². The lowest BCUT2D eigenvalue weighted by atomic mass is 9.95. The molecule has 0 fully saturated rings. The van der Waals surface area contributed by atoms with E-state index in [0.29, 0.717) is 52.3 Å². The molecular formula is C38H40O7. The molecule has 7 heteroatoms. The van der Waals surface area contributed by atoms with Crippen LogP contribution in [0.5, 0.6) is 23.0 Å². The van der Waals surface area contributed by atoms with Crippen LogP contribution in [0.1, 0.15) is 71.6 Å². The zero-order valence-corrected chi connectivity index (χ0v) is 27.2. The predicted octanol–water partition coefficient (Wildman–Crippen LogP) is 8.37. The molecule has 0 saturated heterocycles. The molecule has 0 atom stereocenters. The molecule has 1 N–H and O–H groups in total. The number of carbonyl (C=O) groups excluding carboxylic acids is 1. The van der Waals surface area contributed by atoms with Gasteiger partial charge < -0.3 is 24.1 Å². The maximum absolute atomic E-state index is 13.8. The van der Waals surface area contributed by atoms with Crippen LogP contribution in [-0.2, 0) is 0 Å². The summed E-state index contributed by atoms with van der Waals surface area (Å²) in [5.74, 6) is -0.286. The first-order chi connectivity index (χ1) is 21.5. The zero-order chi connectivity index (χ0) is 32.8. The van der Waals surface area contributed by atoms with E-state index in [2.05, 4.69) is 30.3 Å². The van der Waals surface area contributed by atoms with Gasteiger partial charge in [-0.15, -0.1) is 0 Å².